The summed E-state index contributed by atoms with van der Waals surface area (Å²) in [4.78, 5) is 4.83. The normalized spacial score (nSPS) is 30.4. The zero-order valence-corrected chi connectivity index (χ0v) is 11.5. The molecule has 1 aromatic heterocycles. The van der Waals surface area contributed by atoms with Gasteiger partial charge in [-0.3, -0.25) is 0 Å². The summed E-state index contributed by atoms with van der Waals surface area (Å²) < 4.78 is 8.36. The molecule has 0 N–H and O–H groups in total. The number of halogens is 1. The van der Waals surface area contributed by atoms with Gasteiger partial charge in [-0.05, 0) is 38.8 Å². The topological polar surface area (TPSA) is 32.3 Å². The van der Waals surface area contributed by atoms with Crippen LogP contribution in [0.1, 0.15) is 19.3 Å². The van der Waals surface area contributed by atoms with Crippen molar-refractivity contribution in [3.05, 3.63) is 5.15 Å². The van der Waals surface area contributed by atoms with Crippen molar-refractivity contribution in [2.45, 2.75) is 25.3 Å². The second-order valence-electron chi connectivity index (χ2n) is 5.06. The summed E-state index contributed by atoms with van der Waals surface area (Å²) in [5.74, 6) is 1.66. The fourth-order valence-corrected chi connectivity index (χ4v) is 3.98. The van der Waals surface area contributed by atoms with Gasteiger partial charge in [-0.1, -0.05) is 11.6 Å². The Bertz CT molecular complexity index is 397. The van der Waals surface area contributed by atoms with Gasteiger partial charge >= 0.3 is 0 Å². The maximum absolute atomic E-state index is 6.06. The molecule has 0 spiro atoms. The van der Waals surface area contributed by atoms with Crippen LogP contribution in [0, 0.1) is 5.92 Å². The number of anilines is 1. The maximum atomic E-state index is 6.06. The van der Waals surface area contributed by atoms with Crippen LogP contribution in [-0.4, -0.2) is 46.4 Å². The first kappa shape index (κ1) is 11.7. The van der Waals surface area contributed by atoms with Crippen LogP contribution in [0.2, 0.25) is 5.15 Å². The molecule has 2 atom stereocenters. The SMILES string of the molecule is CN1CCCC2CN(c3nsnc3Cl)CCC21. The molecule has 2 aliphatic heterocycles. The highest BCUT2D eigenvalue weighted by Crippen LogP contribution is 2.33. The number of rotatable bonds is 1. The van der Waals surface area contributed by atoms with Gasteiger partial charge < -0.3 is 9.80 Å². The molecule has 1 aromatic rings. The Morgan fingerprint density at radius 3 is 2.94 bits per heavy atom. The predicted molar refractivity (Wildman–Crippen MR) is 70.9 cm³/mol. The first-order valence-electron chi connectivity index (χ1n) is 6.19. The molecule has 0 bridgehead atoms. The molecule has 4 nitrogen and oxygen atoms in total. The van der Waals surface area contributed by atoms with E-state index in [0.29, 0.717) is 5.15 Å². The zero-order chi connectivity index (χ0) is 11.8. The van der Waals surface area contributed by atoms with Gasteiger partial charge in [0, 0.05) is 19.1 Å². The maximum Gasteiger partial charge on any atom is 0.187 e. The van der Waals surface area contributed by atoms with Gasteiger partial charge in [-0.15, -0.1) is 0 Å². The quantitative estimate of drug-likeness (QED) is 0.784. The van der Waals surface area contributed by atoms with E-state index in [1.807, 2.05) is 0 Å². The molecule has 2 aliphatic rings. The first-order chi connectivity index (χ1) is 8.25. The van der Waals surface area contributed by atoms with Crippen molar-refractivity contribution in [1.82, 2.24) is 13.6 Å². The van der Waals surface area contributed by atoms with Crippen LogP contribution in [0.15, 0.2) is 0 Å². The van der Waals surface area contributed by atoms with Crippen molar-refractivity contribution >= 4 is 29.1 Å². The Hall–Kier alpha value is -0.390. The molecule has 17 heavy (non-hydrogen) atoms. The summed E-state index contributed by atoms with van der Waals surface area (Å²) in [6.45, 7) is 3.39. The van der Waals surface area contributed by atoms with Gasteiger partial charge in [-0.2, -0.15) is 8.75 Å². The van der Waals surface area contributed by atoms with Crippen LogP contribution >= 0.6 is 23.3 Å². The molecular formula is C11H17ClN4S. The summed E-state index contributed by atoms with van der Waals surface area (Å²) in [7, 11) is 2.25. The summed E-state index contributed by atoms with van der Waals surface area (Å²) in [6, 6.07) is 0.755. The minimum Gasteiger partial charge on any atom is -0.353 e. The lowest BCUT2D eigenvalue weighted by Gasteiger charge is -2.46. The lowest BCUT2D eigenvalue weighted by Crippen LogP contribution is -2.52. The fourth-order valence-electron chi connectivity index (χ4n) is 3.21. The molecular weight excluding hydrogens is 256 g/mol. The highest BCUT2D eigenvalue weighted by atomic mass is 35.5. The van der Waals surface area contributed by atoms with E-state index in [1.54, 1.807) is 0 Å². The minimum atomic E-state index is 0.567. The Kier molecular flexibility index (Phi) is 3.23. The largest absolute Gasteiger partial charge is 0.353 e. The molecule has 0 aliphatic carbocycles. The molecule has 3 rings (SSSR count). The fraction of sp³-hybridized carbons (Fsp3) is 0.818. The molecule has 2 fully saturated rings. The second-order valence-corrected chi connectivity index (χ2v) is 5.95. The smallest absolute Gasteiger partial charge is 0.187 e. The molecule has 2 saturated heterocycles. The average molecular weight is 273 g/mol. The number of piperidine rings is 2. The molecule has 0 saturated carbocycles. The van der Waals surface area contributed by atoms with Crippen LogP contribution in [-0.2, 0) is 0 Å². The van der Waals surface area contributed by atoms with Gasteiger partial charge in [0.15, 0.2) is 11.0 Å². The van der Waals surface area contributed by atoms with Gasteiger partial charge in [0.1, 0.15) is 0 Å². The Balaban J connectivity index is 1.74. The van der Waals surface area contributed by atoms with E-state index in [-0.39, 0.29) is 0 Å². The van der Waals surface area contributed by atoms with Crippen LogP contribution in [0.4, 0.5) is 5.82 Å². The molecule has 0 amide bonds. The number of fused-ring (bicyclic) bond motifs is 1. The third kappa shape index (κ3) is 2.16. The van der Waals surface area contributed by atoms with Crippen LogP contribution in [0.25, 0.3) is 0 Å². The van der Waals surface area contributed by atoms with E-state index in [1.165, 1.54) is 37.5 Å². The number of nitrogens with zero attached hydrogens (tertiary/aromatic N) is 4. The zero-order valence-electron chi connectivity index (χ0n) is 9.97. The molecule has 0 aromatic carbocycles. The van der Waals surface area contributed by atoms with E-state index in [2.05, 4.69) is 25.6 Å². The summed E-state index contributed by atoms with van der Waals surface area (Å²) in [6.07, 6.45) is 3.87. The third-order valence-corrected chi connectivity index (χ3v) is 4.95. The van der Waals surface area contributed by atoms with E-state index in [0.717, 1.165) is 30.9 Å². The molecule has 6 heteroatoms. The molecule has 3 heterocycles. The van der Waals surface area contributed by atoms with E-state index >= 15 is 0 Å². The Morgan fingerprint density at radius 1 is 1.29 bits per heavy atom. The molecule has 94 valence electrons. The third-order valence-electron chi connectivity index (χ3n) is 4.08. The monoisotopic (exact) mass is 272 g/mol. The van der Waals surface area contributed by atoms with E-state index < -0.39 is 0 Å². The van der Waals surface area contributed by atoms with Gasteiger partial charge in [0.05, 0.1) is 11.7 Å². The van der Waals surface area contributed by atoms with Crippen molar-refractivity contribution in [3.63, 3.8) is 0 Å². The van der Waals surface area contributed by atoms with Crippen LogP contribution in [0.3, 0.4) is 0 Å². The van der Waals surface area contributed by atoms with Gasteiger partial charge in [0.25, 0.3) is 0 Å². The molecule has 0 radical (unpaired) electrons. The van der Waals surface area contributed by atoms with Crippen molar-refractivity contribution in [1.29, 1.82) is 0 Å². The number of likely N-dealkylation sites (tertiary alicyclic amines) is 1. The van der Waals surface area contributed by atoms with Crippen molar-refractivity contribution in [2.75, 3.05) is 31.6 Å². The lowest BCUT2D eigenvalue weighted by molar-refractivity contribution is 0.102. The predicted octanol–water partition coefficient (Wildman–Crippen LogP) is 2.11. The number of hydrogen-bond acceptors (Lipinski definition) is 5. The van der Waals surface area contributed by atoms with Crippen molar-refractivity contribution < 1.29 is 0 Å². The highest BCUT2D eigenvalue weighted by molar-refractivity contribution is 6.99. The second kappa shape index (κ2) is 4.71. The standard InChI is InChI=1S/C11H17ClN4S/c1-15-5-2-3-8-7-16(6-4-9(8)15)11-10(12)13-17-14-11/h8-9H,2-7H2,1H3. The first-order valence-corrected chi connectivity index (χ1v) is 7.30. The lowest BCUT2D eigenvalue weighted by atomic mass is 9.84. The minimum absolute atomic E-state index is 0.567. The van der Waals surface area contributed by atoms with Crippen LogP contribution < -0.4 is 4.90 Å². The Morgan fingerprint density at radius 2 is 2.18 bits per heavy atom. The van der Waals surface area contributed by atoms with Gasteiger partial charge in [0.2, 0.25) is 0 Å². The van der Waals surface area contributed by atoms with Crippen molar-refractivity contribution in [3.8, 4) is 0 Å². The van der Waals surface area contributed by atoms with Crippen LogP contribution in [0.5, 0.6) is 0 Å². The highest BCUT2D eigenvalue weighted by Gasteiger charge is 2.35. The van der Waals surface area contributed by atoms with E-state index in [9.17, 15) is 0 Å². The number of aromatic nitrogens is 2. The summed E-state index contributed by atoms with van der Waals surface area (Å²) >= 11 is 7.27. The van der Waals surface area contributed by atoms with Crippen molar-refractivity contribution in [2.24, 2.45) is 5.92 Å². The van der Waals surface area contributed by atoms with E-state index in [4.69, 9.17) is 11.6 Å². The Labute approximate surface area is 111 Å². The van der Waals surface area contributed by atoms with Gasteiger partial charge in [-0.25, -0.2) is 0 Å². The molecule has 2 unspecified atom stereocenters. The average Bonchev–Trinajstić information content (AvgIpc) is 2.75. The summed E-state index contributed by atoms with van der Waals surface area (Å²) in [5.41, 5.74) is 0. The summed E-state index contributed by atoms with van der Waals surface area (Å²) in [5, 5.41) is 0.567. The number of hydrogen-bond donors (Lipinski definition) is 0.